The largest absolute Gasteiger partial charge is 0.497 e. The van der Waals surface area contributed by atoms with Crippen LogP contribution in [-0.2, 0) is 4.79 Å². The molecular formula is C22H23N3O4. The first-order valence-electron chi connectivity index (χ1n) is 9.58. The monoisotopic (exact) mass is 393 g/mol. The van der Waals surface area contributed by atoms with Gasteiger partial charge in [-0.1, -0.05) is 5.16 Å². The van der Waals surface area contributed by atoms with E-state index in [-0.39, 0.29) is 17.9 Å². The number of methoxy groups -OCH3 is 1. The van der Waals surface area contributed by atoms with Gasteiger partial charge in [0, 0.05) is 24.2 Å². The second-order valence-electron chi connectivity index (χ2n) is 7.25. The van der Waals surface area contributed by atoms with E-state index in [1.165, 1.54) is 0 Å². The minimum absolute atomic E-state index is 0.0371. The summed E-state index contributed by atoms with van der Waals surface area (Å²) < 4.78 is 16.3. The van der Waals surface area contributed by atoms with Gasteiger partial charge in [-0.2, -0.15) is 4.98 Å². The van der Waals surface area contributed by atoms with Crippen LogP contribution in [0.1, 0.15) is 32.1 Å². The number of rotatable bonds is 6. The van der Waals surface area contributed by atoms with Crippen molar-refractivity contribution in [2.45, 2.75) is 32.3 Å². The fourth-order valence-corrected chi connectivity index (χ4v) is 3.36. The molecule has 7 heteroatoms. The molecule has 1 unspecified atom stereocenters. The summed E-state index contributed by atoms with van der Waals surface area (Å²) in [6.07, 6.45) is 0.459. The summed E-state index contributed by atoms with van der Waals surface area (Å²) in [6.45, 7) is 4.48. The van der Waals surface area contributed by atoms with E-state index in [1.807, 2.05) is 62.4 Å². The molecule has 2 heterocycles. The van der Waals surface area contributed by atoms with Crippen LogP contribution in [0.3, 0.4) is 0 Å². The van der Waals surface area contributed by atoms with Crippen molar-refractivity contribution >= 4 is 11.6 Å². The second kappa shape index (κ2) is 7.95. The SMILES string of the molecule is COc1ccc(N2CC(c3nc(-c4ccc(OC(C)C)cc4)no3)CC2=O)cc1. The molecule has 150 valence electrons. The summed E-state index contributed by atoms with van der Waals surface area (Å²) in [7, 11) is 1.62. The maximum absolute atomic E-state index is 12.5. The van der Waals surface area contributed by atoms with Crippen molar-refractivity contribution in [3.63, 3.8) is 0 Å². The molecule has 0 spiro atoms. The third kappa shape index (κ3) is 4.08. The van der Waals surface area contributed by atoms with Crippen molar-refractivity contribution in [2.24, 2.45) is 0 Å². The van der Waals surface area contributed by atoms with Gasteiger partial charge in [-0.25, -0.2) is 0 Å². The molecule has 1 amide bonds. The Morgan fingerprint density at radius 1 is 1.07 bits per heavy atom. The Morgan fingerprint density at radius 3 is 2.41 bits per heavy atom. The molecule has 0 saturated carbocycles. The van der Waals surface area contributed by atoms with Crippen molar-refractivity contribution in [2.75, 3.05) is 18.6 Å². The first-order valence-corrected chi connectivity index (χ1v) is 9.58. The number of nitrogens with zero attached hydrogens (tertiary/aromatic N) is 3. The first-order chi connectivity index (χ1) is 14.0. The lowest BCUT2D eigenvalue weighted by Gasteiger charge is -2.16. The molecule has 4 rings (SSSR count). The van der Waals surface area contributed by atoms with Gasteiger partial charge in [-0.05, 0) is 62.4 Å². The first kappa shape index (κ1) is 19.0. The van der Waals surface area contributed by atoms with Gasteiger partial charge in [0.15, 0.2) is 0 Å². The second-order valence-corrected chi connectivity index (χ2v) is 7.25. The molecule has 1 fully saturated rings. The maximum atomic E-state index is 12.5. The summed E-state index contributed by atoms with van der Waals surface area (Å²) in [6, 6.07) is 15.0. The molecule has 1 atom stereocenters. The van der Waals surface area contributed by atoms with Crippen LogP contribution < -0.4 is 14.4 Å². The van der Waals surface area contributed by atoms with Crippen LogP contribution in [0.4, 0.5) is 5.69 Å². The Hall–Kier alpha value is -3.35. The molecule has 1 aromatic heterocycles. The number of hydrogen-bond donors (Lipinski definition) is 0. The molecule has 0 N–H and O–H groups in total. The predicted octanol–water partition coefficient (Wildman–Crippen LogP) is 4.05. The van der Waals surface area contributed by atoms with Gasteiger partial charge in [0.1, 0.15) is 11.5 Å². The highest BCUT2D eigenvalue weighted by atomic mass is 16.5. The molecule has 29 heavy (non-hydrogen) atoms. The van der Waals surface area contributed by atoms with E-state index in [9.17, 15) is 4.79 Å². The topological polar surface area (TPSA) is 77.7 Å². The maximum Gasteiger partial charge on any atom is 0.232 e. The van der Waals surface area contributed by atoms with Crippen LogP contribution >= 0.6 is 0 Å². The summed E-state index contributed by atoms with van der Waals surface area (Å²) in [4.78, 5) is 18.8. The third-order valence-electron chi connectivity index (χ3n) is 4.78. The van der Waals surface area contributed by atoms with Gasteiger partial charge in [-0.3, -0.25) is 4.79 Å². The highest BCUT2D eigenvalue weighted by Crippen LogP contribution is 2.32. The van der Waals surface area contributed by atoms with E-state index in [4.69, 9.17) is 14.0 Å². The predicted molar refractivity (Wildman–Crippen MR) is 108 cm³/mol. The zero-order chi connectivity index (χ0) is 20.4. The lowest BCUT2D eigenvalue weighted by Crippen LogP contribution is -2.24. The van der Waals surface area contributed by atoms with Gasteiger partial charge in [0.2, 0.25) is 17.6 Å². The third-order valence-corrected chi connectivity index (χ3v) is 4.78. The minimum atomic E-state index is -0.130. The zero-order valence-electron chi connectivity index (χ0n) is 16.7. The van der Waals surface area contributed by atoms with Gasteiger partial charge < -0.3 is 18.9 Å². The van der Waals surface area contributed by atoms with Crippen LogP contribution in [0, 0.1) is 0 Å². The number of benzene rings is 2. The Bertz CT molecular complexity index is 980. The minimum Gasteiger partial charge on any atom is -0.497 e. The summed E-state index contributed by atoms with van der Waals surface area (Å²) in [5.74, 6) is 2.44. The number of hydrogen-bond acceptors (Lipinski definition) is 6. The Morgan fingerprint density at radius 2 is 1.76 bits per heavy atom. The summed E-state index contributed by atoms with van der Waals surface area (Å²) >= 11 is 0. The van der Waals surface area contributed by atoms with Crippen molar-refractivity contribution in [1.82, 2.24) is 10.1 Å². The molecule has 0 aliphatic carbocycles. The molecule has 0 bridgehead atoms. The smallest absolute Gasteiger partial charge is 0.232 e. The van der Waals surface area contributed by atoms with Crippen LogP contribution in [0.25, 0.3) is 11.4 Å². The van der Waals surface area contributed by atoms with E-state index in [1.54, 1.807) is 12.0 Å². The Balaban J connectivity index is 1.47. The van der Waals surface area contributed by atoms with Crippen molar-refractivity contribution in [1.29, 1.82) is 0 Å². The van der Waals surface area contributed by atoms with Crippen LogP contribution in [0.2, 0.25) is 0 Å². The standard InChI is InChI=1S/C22H23N3O4/c1-14(2)28-19-8-4-15(5-9-19)21-23-22(29-24-21)16-12-20(26)25(13-16)17-6-10-18(27-3)11-7-17/h4-11,14,16H,12-13H2,1-3H3. The fraction of sp³-hybridized carbons (Fsp3) is 0.318. The highest BCUT2D eigenvalue weighted by Gasteiger charge is 2.35. The molecular weight excluding hydrogens is 370 g/mol. The van der Waals surface area contributed by atoms with Crippen LogP contribution in [0.5, 0.6) is 11.5 Å². The van der Waals surface area contributed by atoms with E-state index >= 15 is 0 Å². The van der Waals surface area contributed by atoms with E-state index in [0.717, 1.165) is 22.7 Å². The molecule has 1 aliphatic rings. The number of amides is 1. The van der Waals surface area contributed by atoms with Gasteiger partial charge in [0.05, 0.1) is 19.1 Å². The summed E-state index contributed by atoms with van der Waals surface area (Å²) in [5.41, 5.74) is 1.67. The lowest BCUT2D eigenvalue weighted by atomic mass is 10.1. The number of aromatic nitrogens is 2. The molecule has 3 aromatic rings. The van der Waals surface area contributed by atoms with E-state index in [0.29, 0.717) is 24.7 Å². The van der Waals surface area contributed by atoms with Gasteiger partial charge in [-0.15, -0.1) is 0 Å². The average Bonchev–Trinajstić information content (AvgIpc) is 3.35. The fourth-order valence-electron chi connectivity index (χ4n) is 3.36. The van der Waals surface area contributed by atoms with Crippen molar-refractivity contribution in [3.8, 4) is 22.9 Å². The Kier molecular flexibility index (Phi) is 5.20. The van der Waals surface area contributed by atoms with Crippen LogP contribution in [0.15, 0.2) is 53.1 Å². The van der Waals surface area contributed by atoms with Gasteiger partial charge >= 0.3 is 0 Å². The van der Waals surface area contributed by atoms with Crippen molar-refractivity contribution < 1.29 is 18.8 Å². The average molecular weight is 393 g/mol. The molecule has 0 radical (unpaired) electrons. The quantitative estimate of drug-likeness (QED) is 0.629. The van der Waals surface area contributed by atoms with E-state index in [2.05, 4.69) is 10.1 Å². The van der Waals surface area contributed by atoms with Crippen LogP contribution in [-0.4, -0.2) is 35.8 Å². The number of ether oxygens (including phenoxy) is 2. The number of anilines is 1. The Labute approximate surface area is 169 Å². The highest BCUT2D eigenvalue weighted by molar-refractivity contribution is 5.96. The van der Waals surface area contributed by atoms with Gasteiger partial charge in [0.25, 0.3) is 0 Å². The molecule has 1 aliphatic heterocycles. The lowest BCUT2D eigenvalue weighted by molar-refractivity contribution is -0.117. The van der Waals surface area contributed by atoms with Crippen molar-refractivity contribution in [3.05, 3.63) is 54.4 Å². The van der Waals surface area contributed by atoms with E-state index < -0.39 is 0 Å². The normalized spacial score (nSPS) is 16.5. The number of carbonyl (C=O) groups excluding carboxylic acids is 1. The number of carbonyl (C=O) groups is 1. The summed E-state index contributed by atoms with van der Waals surface area (Å²) in [5, 5.41) is 4.09. The zero-order valence-corrected chi connectivity index (χ0v) is 16.7. The molecule has 1 saturated heterocycles. The molecule has 7 nitrogen and oxygen atoms in total. The molecule has 2 aromatic carbocycles.